The van der Waals surface area contributed by atoms with Crippen molar-refractivity contribution < 1.29 is 15.0 Å². The summed E-state index contributed by atoms with van der Waals surface area (Å²) in [7, 11) is 0. The predicted molar refractivity (Wildman–Crippen MR) is 66.2 cm³/mol. The molecule has 0 radical (unpaired) electrons. The summed E-state index contributed by atoms with van der Waals surface area (Å²) in [5.74, 6) is 5.37. The standard InChI is InChI=1S/C14H20O3/c1-9-10(6-7-14(4,5)17)13(2,3)8-11(15)12(9)16/h11,15,17H,8H2,1-5H3. The first-order valence-corrected chi connectivity index (χ1v) is 5.74. The van der Waals surface area contributed by atoms with E-state index in [-0.39, 0.29) is 11.2 Å². The van der Waals surface area contributed by atoms with Gasteiger partial charge in [-0.3, -0.25) is 4.79 Å². The quantitative estimate of drug-likeness (QED) is 0.626. The fourth-order valence-electron chi connectivity index (χ4n) is 2.04. The van der Waals surface area contributed by atoms with Gasteiger partial charge in [-0.1, -0.05) is 25.7 Å². The van der Waals surface area contributed by atoms with Crippen LogP contribution in [0.2, 0.25) is 0 Å². The molecule has 0 amide bonds. The van der Waals surface area contributed by atoms with E-state index >= 15 is 0 Å². The fourth-order valence-corrected chi connectivity index (χ4v) is 2.04. The molecule has 0 saturated heterocycles. The van der Waals surface area contributed by atoms with Crippen molar-refractivity contribution in [3.63, 3.8) is 0 Å². The molecule has 1 atom stereocenters. The van der Waals surface area contributed by atoms with Crippen LogP contribution in [-0.4, -0.2) is 27.7 Å². The Balaban J connectivity index is 3.25. The summed E-state index contributed by atoms with van der Waals surface area (Å²) in [5.41, 5.74) is -0.196. The van der Waals surface area contributed by atoms with Gasteiger partial charge in [-0.15, -0.1) is 0 Å². The number of carbonyl (C=O) groups excluding carboxylic acids is 1. The Morgan fingerprint density at radius 3 is 2.41 bits per heavy atom. The summed E-state index contributed by atoms with van der Waals surface area (Å²) in [5, 5.41) is 19.2. The minimum atomic E-state index is -1.08. The van der Waals surface area contributed by atoms with Gasteiger partial charge in [0.1, 0.15) is 11.7 Å². The molecule has 0 bridgehead atoms. The molecule has 3 nitrogen and oxygen atoms in total. The Hall–Kier alpha value is -1.11. The van der Waals surface area contributed by atoms with Crippen LogP contribution in [0.4, 0.5) is 0 Å². The van der Waals surface area contributed by atoms with Gasteiger partial charge in [-0.05, 0) is 27.2 Å². The topological polar surface area (TPSA) is 57.5 Å². The molecule has 94 valence electrons. The summed E-state index contributed by atoms with van der Waals surface area (Å²) in [6, 6.07) is 0. The predicted octanol–water partition coefficient (Wildman–Crippen LogP) is 1.44. The average Bonchev–Trinajstić information content (AvgIpc) is 2.11. The number of Topliss-reactive ketones (excluding diaryl/α,β-unsaturated/α-hetero) is 1. The van der Waals surface area contributed by atoms with Crippen molar-refractivity contribution in [2.75, 3.05) is 0 Å². The molecule has 0 saturated carbocycles. The van der Waals surface area contributed by atoms with Gasteiger partial charge in [0.2, 0.25) is 0 Å². The van der Waals surface area contributed by atoms with Gasteiger partial charge in [-0.25, -0.2) is 0 Å². The van der Waals surface area contributed by atoms with Crippen LogP contribution in [0.15, 0.2) is 11.1 Å². The van der Waals surface area contributed by atoms with Crippen LogP contribution in [0.25, 0.3) is 0 Å². The molecule has 0 aliphatic heterocycles. The average molecular weight is 236 g/mol. The third-order valence-corrected chi connectivity index (χ3v) is 2.92. The summed E-state index contributed by atoms with van der Waals surface area (Å²) in [6.45, 7) is 8.77. The van der Waals surface area contributed by atoms with Crippen LogP contribution in [0.1, 0.15) is 41.0 Å². The van der Waals surface area contributed by atoms with Gasteiger partial charge in [0.25, 0.3) is 0 Å². The minimum absolute atomic E-state index is 0.260. The highest BCUT2D eigenvalue weighted by Gasteiger charge is 2.37. The number of hydrogen-bond acceptors (Lipinski definition) is 3. The number of carbonyl (C=O) groups is 1. The smallest absolute Gasteiger partial charge is 0.187 e. The minimum Gasteiger partial charge on any atom is -0.385 e. The number of ketones is 1. The van der Waals surface area contributed by atoms with E-state index in [4.69, 9.17) is 0 Å². The van der Waals surface area contributed by atoms with E-state index < -0.39 is 11.7 Å². The van der Waals surface area contributed by atoms with E-state index in [0.29, 0.717) is 12.0 Å². The first-order valence-electron chi connectivity index (χ1n) is 5.74. The summed E-state index contributed by atoms with van der Waals surface area (Å²) in [4.78, 5) is 11.7. The lowest BCUT2D eigenvalue weighted by molar-refractivity contribution is -0.125. The Bertz CT molecular complexity index is 425. The van der Waals surface area contributed by atoms with Crippen molar-refractivity contribution in [3.05, 3.63) is 11.1 Å². The molecule has 0 spiro atoms. The van der Waals surface area contributed by atoms with Crippen molar-refractivity contribution >= 4 is 5.78 Å². The molecular weight excluding hydrogens is 216 g/mol. The fraction of sp³-hybridized carbons (Fsp3) is 0.643. The van der Waals surface area contributed by atoms with Gasteiger partial charge in [-0.2, -0.15) is 0 Å². The lowest BCUT2D eigenvalue weighted by atomic mass is 9.71. The molecule has 17 heavy (non-hydrogen) atoms. The Labute approximate surface area is 103 Å². The van der Waals surface area contributed by atoms with Crippen LogP contribution in [-0.2, 0) is 4.79 Å². The van der Waals surface area contributed by atoms with Gasteiger partial charge in [0, 0.05) is 16.6 Å². The van der Waals surface area contributed by atoms with Crippen LogP contribution in [0.3, 0.4) is 0 Å². The molecule has 0 aromatic rings. The maximum absolute atomic E-state index is 11.7. The Morgan fingerprint density at radius 2 is 1.94 bits per heavy atom. The van der Waals surface area contributed by atoms with Crippen LogP contribution in [0, 0.1) is 17.3 Å². The Morgan fingerprint density at radius 1 is 1.41 bits per heavy atom. The van der Waals surface area contributed by atoms with E-state index in [0.717, 1.165) is 5.57 Å². The van der Waals surface area contributed by atoms with E-state index in [1.54, 1.807) is 20.8 Å². The van der Waals surface area contributed by atoms with Crippen molar-refractivity contribution in [1.29, 1.82) is 0 Å². The first kappa shape index (κ1) is 14.0. The zero-order valence-electron chi connectivity index (χ0n) is 11.1. The highest BCUT2D eigenvalue weighted by molar-refractivity contribution is 6.00. The lowest BCUT2D eigenvalue weighted by Gasteiger charge is -2.33. The van der Waals surface area contributed by atoms with Gasteiger partial charge in [0.05, 0.1) is 0 Å². The van der Waals surface area contributed by atoms with E-state index in [9.17, 15) is 15.0 Å². The number of hydrogen-bond donors (Lipinski definition) is 2. The van der Waals surface area contributed by atoms with Gasteiger partial charge >= 0.3 is 0 Å². The normalized spacial score (nSPS) is 24.4. The molecule has 1 aliphatic rings. The molecule has 2 N–H and O–H groups in total. The molecule has 0 fully saturated rings. The third-order valence-electron chi connectivity index (χ3n) is 2.92. The zero-order chi connectivity index (χ0) is 13.4. The number of aliphatic hydroxyl groups excluding tert-OH is 1. The second-order valence-electron chi connectivity index (χ2n) is 5.78. The number of allylic oxidation sites excluding steroid dienone is 1. The third kappa shape index (κ3) is 3.18. The van der Waals surface area contributed by atoms with Crippen molar-refractivity contribution in [1.82, 2.24) is 0 Å². The lowest BCUT2D eigenvalue weighted by Crippen LogP contribution is -2.36. The van der Waals surface area contributed by atoms with Crippen molar-refractivity contribution in [2.24, 2.45) is 5.41 Å². The molecule has 0 aromatic heterocycles. The second kappa shape index (κ2) is 4.29. The summed E-state index contributed by atoms with van der Waals surface area (Å²) >= 11 is 0. The molecule has 1 rings (SSSR count). The maximum atomic E-state index is 11.7. The SMILES string of the molecule is CC1=C(C#CC(C)(C)O)C(C)(C)CC(O)C1=O. The summed E-state index contributed by atoms with van der Waals surface area (Å²) < 4.78 is 0. The zero-order valence-corrected chi connectivity index (χ0v) is 11.1. The summed E-state index contributed by atoms with van der Waals surface area (Å²) in [6.07, 6.45) is -0.559. The van der Waals surface area contributed by atoms with E-state index in [1.165, 1.54) is 0 Å². The second-order valence-corrected chi connectivity index (χ2v) is 5.78. The Kier molecular flexibility index (Phi) is 3.52. The van der Waals surface area contributed by atoms with Crippen LogP contribution >= 0.6 is 0 Å². The molecule has 0 aromatic carbocycles. The van der Waals surface area contributed by atoms with Gasteiger partial charge < -0.3 is 10.2 Å². The highest BCUT2D eigenvalue weighted by atomic mass is 16.3. The molecule has 1 aliphatic carbocycles. The highest BCUT2D eigenvalue weighted by Crippen LogP contribution is 2.38. The van der Waals surface area contributed by atoms with Gasteiger partial charge in [0.15, 0.2) is 5.78 Å². The molecule has 0 heterocycles. The van der Waals surface area contributed by atoms with Crippen molar-refractivity contribution in [2.45, 2.75) is 52.7 Å². The molecular formula is C14H20O3. The van der Waals surface area contributed by atoms with E-state index in [1.807, 2.05) is 13.8 Å². The van der Waals surface area contributed by atoms with Crippen LogP contribution < -0.4 is 0 Å². The largest absolute Gasteiger partial charge is 0.385 e. The first-order chi connectivity index (χ1) is 7.54. The monoisotopic (exact) mass is 236 g/mol. The van der Waals surface area contributed by atoms with Crippen molar-refractivity contribution in [3.8, 4) is 11.8 Å². The number of rotatable bonds is 0. The number of aliphatic hydroxyl groups is 2. The van der Waals surface area contributed by atoms with Crippen LogP contribution in [0.5, 0.6) is 0 Å². The maximum Gasteiger partial charge on any atom is 0.187 e. The van der Waals surface area contributed by atoms with E-state index in [2.05, 4.69) is 11.8 Å². The molecule has 3 heteroatoms. The molecule has 1 unspecified atom stereocenters.